The van der Waals surface area contributed by atoms with E-state index in [0.29, 0.717) is 18.4 Å². The smallest absolute Gasteiger partial charge is 0.314 e. The fraction of sp³-hybridized carbons (Fsp3) is 0.533. The first kappa shape index (κ1) is 14.5. The van der Waals surface area contributed by atoms with Gasteiger partial charge < -0.3 is 9.84 Å². The first-order valence-corrected chi connectivity index (χ1v) is 8.68. The molecule has 0 atom stereocenters. The van der Waals surface area contributed by atoms with E-state index in [0.717, 1.165) is 12.8 Å². The standard InChI is InChI=1S/C15H18O5S/c16-14(17)15(7-3-4-8-15)12-5-1-2-6-13(12)21(18,19)11-9-20-10-11/h1-2,5-6,11H,3-4,7-10H2,(H,16,17). The normalized spacial score (nSPS) is 21.9. The topological polar surface area (TPSA) is 80.7 Å². The highest BCUT2D eigenvalue weighted by molar-refractivity contribution is 7.92. The first-order valence-electron chi connectivity index (χ1n) is 7.13. The molecule has 2 fully saturated rings. The zero-order valence-corrected chi connectivity index (χ0v) is 12.4. The van der Waals surface area contributed by atoms with Crippen molar-refractivity contribution < 1.29 is 23.1 Å². The Kier molecular flexibility index (Phi) is 3.53. The van der Waals surface area contributed by atoms with Crippen LogP contribution in [0.5, 0.6) is 0 Å². The molecule has 1 aliphatic heterocycles. The van der Waals surface area contributed by atoms with Gasteiger partial charge in [0.2, 0.25) is 0 Å². The van der Waals surface area contributed by atoms with Gasteiger partial charge in [-0.3, -0.25) is 4.79 Å². The van der Waals surface area contributed by atoms with Gasteiger partial charge >= 0.3 is 5.97 Å². The number of ether oxygens (including phenoxy) is 1. The molecule has 0 radical (unpaired) electrons. The Morgan fingerprint density at radius 1 is 1.19 bits per heavy atom. The Morgan fingerprint density at radius 2 is 1.81 bits per heavy atom. The Balaban J connectivity index is 2.14. The van der Waals surface area contributed by atoms with Crippen molar-refractivity contribution in [1.29, 1.82) is 0 Å². The lowest BCUT2D eigenvalue weighted by Crippen LogP contribution is -2.42. The number of aliphatic carboxylic acids is 1. The average Bonchev–Trinajstić information content (AvgIpc) is 2.86. The zero-order valence-electron chi connectivity index (χ0n) is 11.6. The van der Waals surface area contributed by atoms with Gasteiger partial charge in [-0.1, -0.05) is 31.0 Å². The van der Waals surface area contributed by atoms with E-state index >= 15 is 0 Å². The van der Waals surface area contributed by atoms with Gasteiger partial charge in [0.15, 0.2) is 9.84 Å². The molecular formula is C15H18O5S. The van der Waals surface area contributed by atoms with Crippen LogP contribution >= 0.6 is 0 Å². The summed E-state index contributed by atoms with van der Waals surface area (Å²) in [6.45, 7) is 0.382. The SMILES string of the molecule is O=C(O)C1(c2ccccc2S(=O)(=O)C2COC2)CCCC1. The second kappa shape index (κ2) is 5.10. The minimum absolute atomic E-state index is 0.169. The largest absolute Gasteiger partial charge is 0.481 e. The van der Waals surface area contributed by atoms with E-state index in [2.05, 4.69) is 0 Å². The number of rotatable bonds is 4. The molecule has 1 N–H and O–H groups in total. The van der Waals surface area contributed by atoms with E-state index in [1.54, 1.807) is 18.2 Å². The number of carbonyl (C=O) groups is 1. The number of benzene rings is 1. The van der Waals surface area contributed by atoms with Gasteiger partial charge in [-0.2, -0.15) is 0 Å². The molecule has 0 spiro atoms. The molecule has 1 aromatic rings. The maximum atomic E-state index is 12.7. The summed E-state index contributed by atoms with van der Waals surface area (Å²) >= 11 is 0. The van der Waals surface area contributed by atoms with Crippen molar-refractivity contribution in [2.24, 2.45) is 0 Å². The number of hydrogen-bond donors (Lipinski definition) is 1. The minimum atomic E-state index is -3.53. The van der Waals surface area contributed by atoms with Crippen LogP contribution in [0.2, 0.25) is 0 Å². The fourth-order valence-corrected chi connectivity index (χ4v) is 5.01. The molecule has 1 aromatic carbocycles. The van der Waals surface area contributed by atoms with Crippen LogP contribution < -0.4 is 0 Å². The zero-order chi connectivity index (χ0) is 15.1. The van der Waals surface area contributed by atoms with Gasteiger partial charge in [0.05, 0.1) is 23.5 Å². The predicted molar refractivity (Wildman–Crippen MR) is 76.0 cm³/mol. The molecule has 0 amide bonds. The van der Waals surface area contributed by atoms with Gasteiger partial charge in [0.1, 0.15) is 5.25 Å². The Morgan fingerprint density at radius 3 is 2.33 bits per heavy atom. The van der Waals surface area contributed by atoms with Crippen molar-refractivity contribution in [2.75, 3.05) is 13.2 Å². The van der Waals surface area contributed by atoms with Gasteiger partial charge in [-0.15, -0.1) is 0 Å². The van der Waals surface area contributed by atoms with Crippen LogP contribution in [0.3, 0.4) is 0 Å². The predicted octanol–water partition coefficient (Wildman–Crippen LogP) is 1.76. The van der Waals surface area contributed by atoms with Gasteiger partial charge in [-0.25, -0.2) is 8.42 Å². The Bertz CT molecular complexity index is 654. The molecule has 114 valence electrons. The summed E-state index contributed by atoms with van der Waals surface area (Å²) in [5.74, 6) is -0.924. The maximum absolute atomic E-state index is 12.7. The molecule has 0 unspecified atom stereocenters. The molecule has 6 heteroatoms. The highest BCUT2D eigenvalue weighted by atomic mass is 32.2. The molecular weight excluding hydrogens is 292 g/mol. The van der Waals surface area contributed by atoms with Gasteiger partial charge in [0, 0.05) is 0 Å². The summed E-state index contributed by atoms with van der Waals surface area (Å²) in [6, 6.07) is 6.56. The van der Waals surface area contributed by atoms with Crippen LogP contribution in [0.15, 0.2) is 29.2 Å². The molecule has 1 heterocycles. The second-order valence-electron chi connectivity index (χ2n) is 5.80. The van der Waals surface area contributed by atoms with Crippen molar-refractivity contribution in [1.82, 2.24) is 0 Å². The maximum Gasteiger partial charge on any atom is 0.314 e. The molecule has 1 saturated heterocycles. The lowest BCUT2D eigenvalue weighted by molar-refractivity contribution is -0.143. The summed E-state index contributed by atoms with van der Waals surface area (Å²) in [5, 5.41) is 9.15. The molecule has 21 heavy (non-hydrogen) atoms. The number of sulfone groups is 1. The van der Waals surface area contributed by atoms with Crippen LogP contribution in [-0.2, 0) is 24.8 Å². The summed E-state index contributed by atoms with van der Waals surface area (Å²) < 4.78 is 30.4. The molecule has 1 saturated carbocycles. The summed E-state index contributed by atoms with van der Waals surface area (Å²) in [4.78, 5) is 12.0. The van der Waals surface area contributed by atoms with Crippen LogP contribution in [0.4, 0.5) is 0 Å². The minimum Gasteiger partial charge on any atom is -0.481 e. The van der Waals surface area contributed by atoms with Crippen molar-refractivity contribution in [2.45, 2.75) is 41.2 Å². The lowest BCUT2D eigenvalue weighted by Gasteiger charge is -2.30. The summed E-state index contributed by atoms with van der Waals surface area (Å²) in [6.07, 6.45) is 2.62. The van der Waals surface area contributed by atoms with E-state index in [1.807, 2.05) is 0 Å². The van der Waals surface area contributed by atoms with E-state index in [9.17, 15) is 18.3 Å². The Labute approximate surface area is 123 Å². The molecule has 0 bridgehead atoms. The van der Waals surface area contributed by atoms with Crippen LogP contribution in [-0.4, -0.2) is 38.0 Å². The quantitative estimate of drug-likeness (QED) is 0.916. The highest BCUT2D eigenvalue weighted by Gasteiger charge is 2.47. The van der Waals surface area contributed by atoms with Gasteiger partial charge in [-0.05, 0) is 24.5 Å². The summed E-state index contributed by atoms with van der Waals surface area (Å²) in [7, 11) is -3.53. The van der Waals surface area contributed by atoms with E-state index in [-0.39, 0.29) is 18.1 Å². The van der Waals surface area contributed by atoms with Gasteiger partial charge in [0.25, 0.3) is 0 Å². The van der Waals surface area contributed by atoms with E-state index in [1.165, 1.54) is 6.07 Å². The van der Waals surface area contributed by atoms with Crippen molar-refractivity contribution >= 4 is 15.8 Å². The van der Waals surface area contributed by atoms with Crippen molar-refractivity contribution in [3.63, 3.8) is 0 Å². The molecule has 5 nitrogen and oxygen atoms in total. The molecule has 2 aliphatic rings. The first-order chi connectivity index (χ1) is 9.98. The fourth-order valence-electron chi connectivity index (χ4n) is 3.26. The lowest BCUT2D eigenvalue weighted by atomic mass is 9.79. The number of carboxylic acid groups (broad SMARTS) is 1. The monoisotopic (exact) mass is 310 g/mol. The molecule has 1 aliphatic carbocycles. The van der Waals surface area contributed by atoms with Crippen LogP contribution in [0.25, 0.3) is 0 Å². The van der Waals surface area contributed by atoms with E-state index in [4.69, 9.17) is 4.74 Å². The third-order valence-electron chi connectivity index (χ3n) is 4.62. The summed E-state index contributed by atoms with van der Waals surface area (Å²) in [5.41, 5.74) is -0.615. The van der Waals surface area contributed by atoms with Crippen LogP contribution in [0, 0.1) is 0 Å². The number of carboxylic acids is 1. The highest BCUT2D eigenvalue weighted by Crippen LogP contribution is 2.44. The molecule has 3 rings (SSSR count). The molecule has 0 aromatic heterocycles. The van der Waals surface area contributed by atoms with E-state index < -0.39 is 26.5 Å². The average molecular weight is 310 g/mol. The van der Waals surface area contributed by atoms with Crippen molar-refractivity contribution in [3.8, 4) is 0 Å². The third kappa shape index (κ3) is 2.17. The van der Waals surface area contributed by atoms with Crippen molar-refractivity contribution in [3.05, 3.63) is 29.8 Å². The van der Waals surface area contributed by atoms with Crippen LogP contribution in [0.1, 0.15) is 31.2 Å². The third-order valence-corrected chi connectivity index (χ3v) is 6.74. The Hall–Kier alpha value is -1.40. The second-order valence-corrected chi connectivity index (χ2v) is 7.99. The number of hydrogen-bond acceptors (Lipinski definition) is 4.